The Balaban J connectivity index is 0.00000386. The minimum absolute atomic E-state index is 0. The number of fused-ring (bicyclic) bond motifs is 3. The third-order valence-corrected chi connectivity index (χ3v) is 8.74. The summed E-state index contributed by atoms with van der Waals surface area (Å²) in [6, 6.07) is 34.2. The zero-order valence-electron chi connectivity index (χ0n) is 27.7. The second-order valence-corrected chi connectivity index (χ2v) is 12.3. The number of aryl methyl sites for hydroxylation is 5. The molecule has 3 heterocycles. The summed E-state index contributed by atoms with van der Waals surface area (Å²) in [5.74, 6) is 2.09. The van der Waals surface area contributed by atoms with Crippen LogP contribution in [-0.4, -0.2) is 19.3 Å². The zero-order valence-corrected chi connectivity index (χ0v) is 29.3. The molecule has 0 N–H and O–H groups in total. The van der Waals surface area contributed by atoms with Crippen LogP contribution < -0.4 is 4.74 Å². The molecule has 0 fully saturated rings. The molecule has 238 valence electrons. The molecule has 5 nitrogen and oxygen atoms in total. The van der Waals surface area contributed by atoms with Gasteiger partial charge in [0.1, 0.15) is 5.82 Å². The molecular formula is C41H38N4OPd. The van der Waals surface area contributed by atoms with Crippen LogP contribution in [0, 0.1) is 46.8 Å². The van der Waals surface area contributed by atoms with Crippen molar-refractivity contribution in [1.29, 1.82) is 0 Å². The van der Waals surface area contributed by atoms with Crippen molar-refractivity contribution in [3.8, 4) is 34.1 Å². The van der Waals surface area contributed by atoms with Crippen molar-refractivity contribution in [2.24, 2.45) is 0 Å². The van der Waals surface area contributed by atoms with E-state index in [1.165, 1.54) is 33.5 Å². The summed E-state index contributed by atoms with van der Waals surface area (Å²) in [6.45, 7) is 13.0. The molecule has 7 aromatic rings. The molecular weight excluding hydrogens is 671 g/mol. The van der Waals surface area contributed by atoms with E-state index in [1.807, 2.05) is 30.5 Å². The largest absolute Gasteiger partial charge is 2.00 e. The molecule has 0 radical (unpaired) electrons. The summed E-state index contributed by atoms with van der Waals surface area (Å²) in [5.41, 5.74) is 12.6. The average Bonchev–Trinajstić information content (AvgIpc) is 3.53. The molecule has 0 unspecified atom stereocenters. The number of hydrogen-bond acceptors (Lipinski definition) is 3. The first-order valence-corrected chi connectivity index (χ1v) is 16.1. The van der Waals surface area contributed by atoms with Crippen molar-refractivity contribution in [1.82, 2.24) is 19.3 Å². The van der Waals surface area contributed by atoms with Gasteiger partial charge in [-0.2, -0.15) is 17.2 Å². The predicted octanol–water partition coefficient (Wildman–Crippen LogP) is 10.3. The summed E-state index contributed by atoms with van der Waals surface area (Å²) in [7, 11) is 0. The van der Waals surface area contributed by atoms with Crippen LogP contribution in [0.2, 0.25) is 0 Å². The van der Waals surface area contributed by atoms with Crippen LogP contribution in [0.4, 0.5) is 0 Å². The van der Waals surface area contributed by atoms with E-state index < -0.39 is 0 Å². The van der Waals surface area contributed by atoms with Gasteiger partial charge in [0, 0.05) is 34.5 Å². The van der Waals surface area contributed by atoms with Crippen LogP contribution in [0.5, 0.6) is 11.5 Å². The molecule has 7 rings (SSSR count). The number of nitrogens with zero attached hydrogens (tertiary/aromatic N) is 4. The van der Waals surface area contributed by atoms with Crippen molar-refractivity contribution in [2.75, 3.05) is 0 Å². The van der Waals surface area contributed by atoms with E-state index in [-0.39, 0.29) is 20.4 Å². The maximum atomic E-state index is 6.47. The first kappa shape index (κ1) is 32.4. The maximum Gasteiger partial charge on any atom is 2.00 e. The average molecular weight is 709 g/mol. The summed E-state index contributed by atoms with van der Waals surface area (Å²) in [6.07, 6.45) is 4.97. The zero-order chi connectivity index (χ0) is 31.9. The van der Waals surface area contributed by atoms with Gasteiger partial charge in [0.15, 0.2) is 0 Å². The van der Waals surface area contributed by atoms with Crippen LogP contribution in [-0.2, 0) is 26.8 Å². The van der Waals surface area contributed by atoms with E-state index in [9.17, 15) is 0 Å². The molecule has 4 aromatic carbocycles. The standard InChI is InChI=1S/C41H38N4O.Pd/c1-7-8-15-37-41(40-28(4)21-27(3)22-29(40)5)30(6)43-45(37)31-12-11-13-32(24-31)46-33-17-18-35-34-14-9-10-16-36(34)44(38(35)25-33)39-23-26(2)19-20-42-39;/h9-14,16-23H,7-8,15H2,1-6H3;/q-2;+2. The van der Waals surface area contributed by atoms with Crippen molar-refractivity contribution in [3.63, 3.8) is 0 Å². The molecule has 47 heavy (non-hydrogen) atoms. The van der Waals surface area contributed by atoms with E-state index in [1.54, 1.807) is 0 Å². The molecule has 0 atom stereocenters. The van der Waals surface area contributed by atoms with E-state index in [0.29, 0.717) is 11.5 Å². The van der Waals surface area contributed by atoms with Crippen molar-refractivity contribution >= 4 is 21.8 Å². The predicted molar refractivity (Wildman–Crippen MR) is 188 cm³/mol. The minimum Gasteiger partial charge on any atom is -0.509 e. The summed E-state index contributed by atoms with van der Waals surface area (Å²) < 4.78 is 10.7. The van der Waals surface area contributed by atoms with Gasteiger partial charge in [0.25, 0.3) is 0 Å². The Labute approximate surface area is 290 Å². The first-order valence-electron chi connectivity index (χ1n) is 16.1. The summed E-state index contributed by atoms with van der Waals surface area (Å²) >= 11 is 0. The Bertz CT molecular complexity index is 2220. The molecule has 0 saturated heterocycles. The van der Waals surface area contributed by atoms with Crippen LogP contribution in [0.25, 0.3) is 44.4 Å². The van der Waals surface area contributed by atoms with Gasteiger partial charge in [-0.3, -0.25) is 4.68 Å². The number of rotatable bonds is 8. The molecule has 6 heteroatoms. The Hall–Kier alpha value is -4.50. The van der Waals surface area contributed by atoms with Crippen LogP contribution >= 0.6 is 0 Å². The van der Waals surface area contributed by atoms with E-state index >= 15 is 0 Å². The number of unbranched alkanes of at least 4 members (excludes halogenated alkanes) is 1. The van der Waals surface area contributed by atoms with Gasteiger partial charge in [0.05, 0.1) is 5.69 Å². The molecule has 0 saturated carbocycles. The van der Waals surface area contributed by atoms with Crippen molar-refractivity contribution in [2.45, 2.75) is 60.8 Å². The second kappa shape index (κ2) is 13.3. The van der Waals surface area contributed by atoms with Gasteiger partial charge < -0.3 is 9.30 Å². The number of hydrogen-bond donors (Lipinski definition) is 0. The summed E-state index contributed by atoms with van der Waals surface area (Å²) in [5, 5.41) is 7.35. The Morgan fingerprint density at radius 1 is 0.745 bits per heavy atom. The molecule has 0 aliphatic rings. The van der Waals surface area contributed by atoms with Gasteiger partial charge >= 0.3 is 20.4 Å². The number of aromatic nitrogens is 4. The Kier molecular flexibility index (Phi) is 9.19. The quantitative estimate of drug-likeness (QED) is 0.117. The molecule has 3 aromatic heterocycles. The number of benzene rings is 4. The number of pyridine rings is 1. The topological polar surface area (TPSA) is 44.9 Å². The van der Waals surface area contributed by atoms with Gasteiger partial charge in [-0.15, -0.1) is 35.7 Å². The Morgan fingerprint density at radius 2 is 1.51 bits per heavy atom. The van der Waals surface area contributed by atoms with Crippen molar-refractivity contribution in [3.05, 3.63) is 131 Å². The maximum absolute atomic E-state index is 6.47. The normalized spacial score (nSPS) is 11.3. The molecule has 0 aliphatic heterocycles. The first-order chi connectivity index (χ1) is 22.3. The number of para-hydroxylation sites is 1. The fraction of sp³-hybridized carbons (Fsp3) is 0.220. The second-order valence-electron chi connectivity index (χ2n) is 12.3. The molecule has 0 aliphatic carbocycles. The monoisotopic (exact) mass is 708 g/mol. The Morgan fingerprint density at radius 3 is 2.28 bits per heavy atom. The minimum atomic E-state index is 0. The van der Waals surface area contributed by atoms with E-state index in [2.05, 4.69) is 118 Å². The molecule has 0 bridgehead atoms. The van der Waals surface area contributed by atoms with Gasteiger partial charge in [-0.1, -0.05) is 54.8 Å². The SMILES string of the molecule is CCCCc1c(-c2c(C)cc(C)cc2C)c(C)nn1-c1[c-]c(Oc2[c-]c3c(cc2)c2ccccc2n3-c2cc(C)ccn2)ccc1.[Pd+2]. The molecule has 0 spiro atoms. The van der Waals surface area contributed by atoms with Crippen molar-refractivity contribution < 1.29 is 25.2 Å². The number of ether oxygens (including phenoxy) is 1. The van der Waals surface area contributed by atoms with Crippen LogP contribution in [0.1, 0.15) is 53.4 Å². The van der Waals surface area contributed by atoms with E-state index in [0.717, 1.165) is 63.8 Å². The fourth-order valence-electron chi connectivity index (χ4n) is 6.80. The van der Waals surface area contributed by atoms with Crippen LogP contribution in [0.3, 0.4) is 0 Å². The van der Waals surface area contributed by atoms with Gasteiger partial charge in [-0.05, 0) is 99.0 Å². The van der Waals surface area contributed by atoms with Crippen LogP contribution in [0.15, 0.2) is 85.1 Å². The third kappa shape index (κ3) is 6.05. The smallest absolute Gasteiger partial charge is 0.509 e. The summed E-state index contributed by atoms with van der Waals surface area (Å²) in [4.78, 5) is 4.70. The third-order valence-electron chi connectivity index (χ3n) is 8.74. The van der Waals surface area contributed by atoms with E-state index in [4.69, 9.17) is 14.8 Å². The van der Waals surface area contributed by atoms with Gasteiger partial charge in [-0.25, -0.2) is 4.98 Å². The van der Waals surface area contributed by atoms with Gasteiger partial charge in [0.2, 0.25) is 0 Å². The molecule has 0 amide bonds. The fourth-order valence-corrected chi connectivity index (χ4v) is 6.80.